The molecule has 0 saturated carbocycles. The molecule has 19 heavy (non-hydrogen) atoms. The highest BCUT2D eigenvalue weighted by Gasteiger charge is 2.15. The maximum atomic E-state index is 11.0. The molecule has 1 N–H and O–H groups in total. The van der Waals surface area contributed by atoms with E-state index in [1.54, 1.807) is 12.1 Å². The number of hydrogen-bond donors (Lipinski definition) is 1. The first-order valence-corrected chi connectivity index (χ1v) is 6.79. The minimum atomic E-state index is -0.374. The Morgan fingerprint density at radius 2 is 2.00 bits per heavy atom. The molecule has 2 aromatic rings. The molecule has 0 fully saturated rings. The molecule has 0 spiro atoms. The largest absolute Gasteiger partial charge is 0.454 e. The van der Waals surface area contributed by atoms with Crippen LogP contribution in [0, 0.1) is 27.7 Å². The highest BCUT2D eigenvalue weighted by atomic mass is 127. The Balaban J connectivity index is 2.23. The van der Waals surface area contributed by atoms with Gasteiger partial charge in [0.05, 0.1) is 11.5 Å². The average Bonchev–Trinajstić information content (AvgIpc) is 2.76. The van der Waals surface area contributed by atoms with E-state index in [0.717, 1.165) is 20.7 Å². The molecule has 1 aromatic heterocycles. The molecule has 6 heteroatoms. The van der Waals surface area contributed by atoms with Crippen LogP contribution < -0.4 is 5.32 Å². The molecule has 2 rings (SSSR count). The highest BCUT2D eigenvalue weighted by Crippen LogP contribution is 2.28. The van der Waals surface area contributed by atoms with Gasteiger partial charge in [0, 0.05) is 6.07 Å². The van der Waals surface area contributed by atoms with Crippen LogP contribution in [0.15, 0.2) is 28.7 Å². The van der Waals surface area contributed by atoms with Gasteiger partial charge in [0.25, 0.3) is 5.69 Å². The van der Waals surface area contributed by atoms with Crippen molar-refractivity contribution in [1.82, 2.24) is 0 Å². The molecule has 0 aliphatic carbocycles. The van der Waals surface area contributed by atoms with E-state index in [9.17, 15) is 10.1 Å². The molecule has 0 bridgehead atoms. The van der Waals surface area contributed by atoms with Crippen LogP contribution in [0.5, 0.6) is 0 Å². The van der Waals surface area contributed by atoms with E-state index >= 15 is 0 Å². The number of furan rings is 1. The smallest absolute Gasteiger partial charge is 0.292 e. The van der Waals surface area contributed by atoms with Crippen LogP contribution in [0.2, 0.25) is 0 Å². The maximum absolute atomic E-state index is 11.0. The number of nitrogens with one attached hydrogen (secondary N) is 1. The van der Waals surface area contributed by atoms with E-state index in [1.165, 1.54) is 0 Å². The number of aryl methyl sites for hydroxylation is 2. The van der Waals surface area contributed by atoms with Gasteiger partial charge in [-0.25, -0.2) is 0 Å². The molecule has 5 nitrogen and oxygen atoms in total. The molecule has 1 aromatic carbocycles. The second-order valence-electron chi connectivity index (χ2n) is 4.27. The first-order chi connectivity index (χ1) is 8.97. The summed E-state index contributed by atoms with van der Waals surface area (Å²) in [6.45, 7) is 4.22. The second kappa shape index (κ2) is 5.60. The lowest BCUT2D eigenvalue weighted by Crippen LogP contribution is -2.03. The van der Waals surface area contributed by atoms with Gasteiger partial charge in [-0.05, 0) is 65.8 Å². The number of hydrogen-bond acceptors (Lipinski definition) is 4. The molecule has 0 aliphatic rings. The maximum Gasteiger partial charge on any atom is 0.292 e. The second-order valence-corrected chi connectivity index (χ2v) is 5.33. The monoisotopic (exact) mass is 372 g/mol. The van der Waals surface area contributed by atoms with Gasteiger partial charge in [0.15, 0.2) is 3.77 Å². The fourth-order valence-electron chi connectivity index (χ4n) is 1.72. The predicted molar refractivity (Wildman–Crippen MR) is 81.3 cm³/mol. The lowest BCUT2D eigenvalue weighted by atomic mass is 10.1. The van der Waals surface area contributed by atoms with E-state index in [-0.39, 0.29) is 10.6 Å². The minimum Gasteiger partial charge on any atom is -0.454 e. The summed E-state index contributed by atoms with van der Waals surface area (Å²) in [6, 6.07) is 7.08. The van der Waals surface area contributed by atoms with Crippen molar-refractivity contribution >= 4 is 34.0 Å². The average molecular weight is 372 g/mol. The van der Waals surface area contributed by atoms with Crippen molar-refractivity contribution in [1.29, 1.82) is 0 Å². The van der Waals surface area contributed by atoms with E-state index < -0.39 is 0 Å². The van der Waals surface area contributed by atoms with Gasteiger partial charge in [-0.1, -0.05) is 0 Å². The third-order valence-corrected chi connectivity index (χ3v) is 3.47. The van der Waals surface area contributed by atoms with E-state index in [2.05, 4.69) is 27.9 Å². The quantitative estimate of drug-likeness (QED) is 0.500. The Kier molecular flexibility index (Phi) is 4.08. The molecular weight excluding hydrogens is 359 g/mol. The van der Waals surface area contributed by atoms with E-state index in [0.29, 0.717) is 12.2 Å². The summed E-state index contributed by atoms with van der Waals surface area (Å²) in [4.78, 5) is 10.7. The summed E-state index contributed by atoms with van der Waals surface area (Å²) >= 11 is 2.08. The van der Waals surface area contributed by atoms with Crippen molar-refractivity contribution in [3.05, 3.63) is 55.0 Å². The van der Waals surface area contributed by atoms with Crippen LogP contribution in [0.25, 0.3) is 0 Å². The van der Waals surface area contributed by atoms with Crippen molar-refractivity contribution in [3.63, 3.8) is 0 Å². The Hall–Kier alpha value is -1.57. The van der Waals surface area contributed by atoms with Crippen molar-refractivity contribution in [2.24, 2.45) is 0 Å². The molecule has 0 unspecified atom stereocenters. The lowest BCUT2D eigenvalue weighted by molar-refractivity contribution is -0.384. The van der Waals surface area contributed by atoms with Gasteiger partial charge < -0.3 is 9.73 Å². The fraction of sp³-hybridized carbons (Fsp3) is 0.231. The summed E-state index contributed by atoms with van der Waals surface area (Å²) in [6.07, 6.45) is 0. The summed E-state index contributed by atoms with van der Waals surface area (Å²) < 4.78 is 6.21. The Bertz CT molecular complexity index is 622. The molecule has 0 atom stereocenters. The number of halogens is 1. The predicted octanol–water partition coefficient (Wildman–Crippen LogP) is 4.02. The first-order valence-electron chi connectivity index (χ1n) is 5.71. The number of rotatable bonds is 4. The van der Waals surface area contributed by atoms with Crippen molar-refractivity contribution in [3.8, 4) is 0 Å². The molecule has 0 radical (unpaired) electrons. The van der Waals surface area contributed by atoms with Crippen LogP contribution in [-0.2, 0) is 6.54 Å². The van der Waals surface area contributed by atoms with E-state index in [1.807, 2.05) is 26.0 Å². The topological polar surface area (TPSA) is 68.3 Å². The van der Waals surface area contributed by atoms with Gasteiger partial charge in [0.1, 0.15) is 11.4 Å². The van der Waals surface area contributed by atoms with Crippen molar-refractivity contribution in [2.75, 3.05) is 5.32 Å². The number of benzene rings is 1. The van der Waals surface area contributed by atoms with E-state index in [4.69, 9.17) is 4.42 Å². The van der Waals surface area contributed by atoms with Crippen LogP contribution in [0.3, 0.4) is 0 Å². The zero-order valence-electron chi connectivity index (χ0n) is 10.6. The normalized spacial score (nSPS) is 10.5. The van der Waals surface area contributed by atoms with Gasteiger partial charge in [-0.15, -0.1) is 0 Å². The number of nitrogens with zero attached hydrogens (tertiary/aromatic N) is 1. The lowest BCUT2D eigenvalue weighted by Gasteiger charge is -2.08. The SMILES string of the molecule is Cc1cc(NCc2ccc(I)o2)c([N+](=O)[O-])cc1C. The Morgan fingerprint density at radius 3 is 2.58 bits per heavy atom. The summed E-state index contributed by atoms with van der Waals surface area (Å²) in [5, 5.41) is 14.1. The number of anilines is 1. The molecule has 1 heterocycles. The van der Waals surface area contributed by atoms with Crippen LogP contribution >= 0.6 is 22.6 Å². The Labute approximate surface area is 124 Å². The van der Waals surface area contributed by atoms with Gasteiger partial charge >= 0.3 is 0 Å². The molecule has 100 valence electrons. The standard InChI is InChI=1S/C13H13IN2O3/c1-8-5-11(12(16(17)18)6-9(8)2)15-7-10-3-4-13(14)19-10/h3-6,15H,7H2,1-2H3. The van der Waals surface area contributed by atoms with Gasteiger partial charge in [-0.3, -0.25) is 10.1 Å². The summed E-state index contributed by atoms with van der Waals surface area (Å²) in [7, 11) is 0. The van der Waals surface area contributed by atoms with Crippen LogP contribution in [0.4, 0.5) is 11.4 Å². The molecular formula is C13H13IN2O3. The van der Waals surface area contributed by atoms with Crippen molar-refractivity contribution in [2.45, 2.75) is 20.4 Å². The highest BCUT2D eigenvalue weighted by molar-refractivity contribution is 14.1. The third-order valence-electron chi connectivity index (χ3n) is 2.89. The molecule has 0 saturated heterocycles. The van der Waals surface area contributed by atoms with Gasteiger partial charge in [-0.2, -0.15) is 0 Å². The number of nitro benzene ring substituents is 1. The molecule has 0 amide bonds. The van der Waals surface area contributed by atoms with Gasteiger partial charge in [0.2, 0.25) is 0 Å². The minimum absolute atomic E-state index is 0.0874. The summed E-state index contributed by atoms with van der Waals surface area (Å²) in [5.74, 6) is 0.747. The number of nitro groups is 1. The summed E-state index contributed by atoms with van der Waals surface area (Å²) in [5.41, 5.74) is 2.52. The van der Waals surface area contributed by atoms with Crippen LogP contribution in [-0.4, -0.2) is 4.92 Å². The zero-order valence-corrected chi connectivity index (χ0v) is 12.7. The fourth-order valence-corrected chi connectivity index (χ4v) is 2.19. The first kappa shape index (κ1) is 13.9. The third kappa shape index (κ3) is 3.25. The van der Waals surface area contributed by atoms with Crippen LogP contribution in [0.1, 0.15) is 16.9 Å². The Morgan fingerprint density at radius 1 is 1.32 bits per heavy atom. The zero-order chi connectivity index (χ0) is 14.0. The molecule has 0 aliphatic heterocycles. The van der Waals surface area contributed by atoms with Crippen molar-refractivity contribution < 1.29 is 9.34 Å².